The van der Waals surface area contributed by atoms with Gasteiger partial charge in [-0.2, -0.15) is 0 Å². The van der Waals surface area contributed by atoms with Crippen LogP contribution in [0.4, 0.5) is 0 Å². The molecule has 2 aromatic rings. The van der Waals surface area contributed by atoms with Crippen molar-refractivity contribution in [1.29, 1.82) is 0 Å². The van der Waals surface area contributed by atoms with Gasteiger partial charge < -0.3 is 4.98 Å². The number of fused-ring (bicyclic) bond motifs is 1. The molecule has 0 amide bonds. The quantitative estimate of drug-likeness (QED) is 0.446. The molecular formula is C20H31N. The standard InChI is InChI=1S/C20H31N/c1-2-3-4-5-6-7-8-9-10-11-15-19-17-18-14-12-13-16-20(18)21-19/h12-14,16-17,21H,2-11,15H2,1H3. The number of unbranched alkanes of at least 4 members (excludes halogenated alkanes) is 9. The molecule has 0 aliphatic carbocycles. The monoisotopic (exact) mass is 285 g/mol. The van der Waals surface area contributed by atoms with Crippen molar-refractivity contribution in [3.05, 3.63) is 36.0 Å². The van der Waals surface area contributed by atoms with Crippen LogP contribution in [0.2, 0.25) is 0 Å². The van der Waals surface area contributed by atoms with Crippen LogP contribution in [0, 0.1) is 0 Å². The number of benzene rings is 1. The van der Waals surface area contributed by atoms with Crippen LogP contribution in [0.1, 0.15) is 76.8 Å². The van der Waals surface area contributed by atoms with Gasteiger partial charge in [0.15, 0.2) is 0 Å². The first kappa shape index (κ1) is 16.1. The Hall–Kier alpha value is -1.24. The van der Waals surface area contributed by atoms with Gasteiger partial charge in [-0.15, -0.1) is 0 Å². The summed E-state index contributed by atoms with van der Waals surface area (Å²) in [4.78, 5) is 3.53. The minimum Gasteiger partial charge on any atom is -0.358 e. The van der Waals surface area contributed by atoms with Crippen molar-refractivity contribution in [3.63, 3.8) is 0 Å². The zero-order valence-electron chi connectivity index (χ0n) is 13.7. The average molecular weight is 285 g/mol. The molecule has 0 atom stereocenters. The lowest BCUT2D eigenvalue weighted by Crippen LogP contribution is -1.86. The minimum atomic E-state index is 1.20. The molecule has 2 rings (SSSR count). The number of hydrogen-bond acceptors (Lipinski definition) is 0. The molecule has 0 aliphatic rings. The van der Waals surface area contributed by atoms with Gasteiger partial charge in [0.1, 0.15) is 0 Å². The Morgan fingerprint density at radius 3 is 2.05 bits per heavy atom. The number of H-pyrrole nitrogens is 1. The van der Waals surface area contributed by atoms with Crippen LogP contribution >= 0.6 is 0 Å². The molecule has 0 radical (unpaired) electrons. The van der Waals surface area contributed by atoms with Crippen LogP contribution in [0.15, 0.2) is 30.3 Å². The molecule has 1 N–H and O–H groups in total. The van der Waals surface area contributed by atoms with Crippen molar-refractivity contribution in [2.24, 2.45) is 0 Å². The van der Waals surface area contributed by atoms with E-state index in [0.29, 0.717) is 0 Å². The summed E-state index contributed by atoms with van der Waals surface area (Å²) in [6.45, 7) is 2.28. The first-order valence-corrected chi connectivity index (χ1v) is 8.97. The summed E-state index contributed by atoms with van der Waals surface area (Å²) in [5, 5.41) is 1.35. The van der Waals surface area contributed by atoms with E-state index in [-0.39, 0.29) is 0 Å². The van der Waals surface area contributed by atoms with Gasteiger partial charge in [-0.3, -0.25) is 0 Å². The van der Waals surface area contributed by atoms with Crippen LogP contribution in [-0.4, -0.2) is 4.98 Å². The fourth-order valence-corrected chi connectivity index (χ4v) is 3.07. The molecule has 1 aromatic carbocycles. The maximum Gasteiger partial charge on any atom is 0.0456 e. The lowest BCUT2D eigenvalue weighted by molar-refractivity contribution is 0.555. The summed E-state index contributed by atoms with van der Waals surface area (Å²) in [5.41, 5.74) is 2.68. The largest absolute Gasteiger partial charge is 0.358 e. The molecule has 21 heavy (non-hydrogen) atoms. The number of hydrogen-bond donors (Lipinski definition) is 1. The Balaban J connectivity index is 1.50. The van der Waals surface area contributed by atoms with E-state index in [1.54, 1.807) is 0 Å². The first-order valence-electron chi connectivity index (χ1n) is 8.97. The predicted molar refractivity (Wildman–Crippen MR) is 93.8 cm³/mol. The van der Waals surface area contributed by atoms with Crippen molar-refractivity contribution < 1.29 is 0 Å². The third kappa shape index (κ3) is 5.95. The molecule has 0 spiro atoms. The van der Waals surface area contributed by atoms with Gasteiger partial charge in [0.25, 0.3) is 0 Å². The van der Waals surface area contributed by atoms with Crippen LogP contribution in [0.5, 0.6) is 0 Å². The van der Waals surface area contributed by atoms with E-state index in [9.17, 15) is 0 Å². The van der Waals surface area contributed by atoms with E-state index < -0.39 is 0 Å². The van der Waals surface area contributed by atoms with Gasteiger partial charge in [0, 0.05) is 11.2 Å². The van der Waals surface area contributed by atoms with E-state index in [2.05, 4.69) is 42.2 Å². The topological polar surface area (TPSA) is 15.8 Å². The van der Waals surface area contributed by atoms with Crippen molar-refractivity contribution in [2.75, 3.05) is 0 Å². The molecule has 116 valence electrons. The Morgan fingerprint density at radius 1 is 0.762 bits per heavy atom. The number of nitrogens with one attached hydrogen (secondary N) is 1. The highest BCUT2D eigenvalue weighted by molar-refractivity contribution is 5.80. The van der Waals surface area contributed by atoms with E-state index in [1.807, 2.05) is 0 Å². The van der Waals surface area contributed by atoms with Crippen molar-refractivity contribution in [2.45, 2.75) is 77.6 Å². The maximum atomic E-state index is 3.53. The summed E-state index contributed by atoms with van der Waals surface area (Å²) >= 11 is 0. The highest BCUT2D eigenvalue weighted by atomic mass is 14.7. The van der Waals surface area contributed by atoms with Crippen LogP contribution in [0.25, 0.3) is 10.9 Å². The molecule has 0 fully saturated rings. The molecule has 1 heteroatoms. The molecule has 0 saturated heterocycles. The van der Waals surface area contributed by atoms with E-state index in [0.717, 1.165) is 0 Å². The second-order valence-corrected chi connectivity index (χ2v) is 6.31. The second kappa shape index (κ2) is 9.65. The summed E-state index contributed by atoms with van der Waals surface area (Å²) in [6, 6.07) is 10.9. The molecule has 0 bridgehead atoms. The highest BCUT2D eigenvalue weighted by Crippen LogP contribution is 2.17. The van der Waals surface area contributed by atoms with Gasteiger partial charge in [-0.25, -0.2) is 0 Å². The van der Waals surface area contributed by atoms with Crippen LogP contribution < -0.4 is 0 Å². The molecule has 1 aromatic heterocycles. The zero-order chi connectivity index (χ0) is 14.8. The third-order valence-electron chi connectivity index (χ3n) is 4.39. The van der Waals surface area contributed by atoms with Crippen LogP contribution in [-0.2, 0) is 6.42 Å². The number of para-hydroxylation sites is 1. The van der Waals surface area contributed by atoms with Crippen molar-refractivity contribution >= 4 is 10.9 Å². The van der Waals surface area contributed by atoms with E-state index in [4.69, 9.17) is 0 Å². The molecule has 0 saturated carbocycles. The second-order valence-electron chi connectivity index (χ2n) is 6.31. The zero-order valence-corrected chi connectivity index (χ0v) is 13.7. The van der Waals surface area contributed by atoms with Gasteiger partial charge in [-0.05, 0) is 30.4 Å². The van der Waals surface area contributed by atoms with Gasteiger partial charge >= 0.3 is 0 Å². The number of aryl methyl sites for hydroxylation is 1. The Bertz CT molecular complexity index is 464. The molecule has 0 aliphatic heterocycles. The average Bonchev–Trinajstić information content (AvgIpc) is 2.92. The first-order chi connectivity index (χ1) is 10.4. The van der Waals surface area contributed by atoms with Gasteiger partial charge in [0.2, 0.25) is 0 Å². The summed E-state index contributed by atoms with van der Waals surface area (Å²) < 4.78 is 0. The predicted octanol–water partition coefficient (Wildman–Crippen LogP) is 6.63. The third-order valence-corrected chi connectivity index (χ3v) is 4.39. The SMILES string of the molecule is CCCCCCCCCCCCc1cc2ccccc2[nH]1. The van der Waals surface area contributed by atoms with E-state index in [1.165, 1.54) is 87.2 Å². The summed E-state index contributed by atoms with van der Waals surface area (Å²) in [5.74, 6) is 0. The minimum absolute atomic E-state index is 1.20. The smallest absolute Gasteiger partial charge is 0.0456 e. The highest BCUT2D eigenvalue weighted by Gasteiger charge is 1.99. The molecular weight excluding hydrogens is 254 g/mol. The fourth-order valence-electron chi connectivity index (χ4n) is 3.07. The Kier molecular flexibility index (Phi) is 7.42. The fraction of sp³-hybridized carbons (Fsp3) is 0.600. The summed E-state index contributed by atoms with van der Waals surface area (Å²) in [6.07, 6.45) is 15.3. The van der Waals surface area contributed by atoms with Crippen LogP contribution in [0.3, 0.4) is 0 Å². The molecule has 1 heterocycles. The summed E-state index contributed by atoms with van der Waals surface area (Å²) in [7, 11) is 0. The van der Waals surface area contributed by atoms with E-state index >= 15 is 0 Å². The maximum absolute atomic E-state index is 3.53. The molecule has 0 unspecified atom stereocenters. The molecule has 1 nitrogen and oxygen atoms in total. The van der Waals surface area contributed by atoms with Gasteiger partial charge in [-0.1, -0.05) is 82.9 Å². The lowest BCUT2D eigenvalue weighted by Gasteiger charge is -2.02. The normalized spacial score (nSPS) is 11.3. The van der Waals surface area contributed by atoms with Crippen molar-refractivity contribution in [1.82, 2.24) is 4.98 Å². The number of rotatable bonds is 11. The van der Waals surface area contributed by atoms with Crippen molar-refractivity contribution in [3.8, 4) is 0 Å². The number of aromatic amines is 1. The van der Waals surface area contributed by atoms with Gasteiger partial charge in [0.05, 0.1) is 0 Å². The number of aromatic nitrogens is 1. The lowest BCUT2D eigenvalue weighted by atomic mass is 10.1. The Morgan fingerprint density at radius 2 is 1.38 bits per heavy atom. The Labute approximate surface area is 130 Å².